The molecule has 2 aliphatic heterocycles. The van der Waals surface area contributed by atoms with Gasteiger partial charge in [-0.1, -0.05) is 23.7 Å². The van der Waals surface area contributed by atoms with Crippen LogP contribution in [0, 0.1) is 0 Å². The van der Waals surface area contributed by atoms with Crippen molar-refractivity contribution in [2.45, 2.75) is 24.7 Å². The Morgan fingerprint density at radius 3 is 2.79 bits per heavy atom. The minimum atomic E-state index is -4.54. The van der Waals surface area contributed by atoms with Crippen molar-refractivity contribution in [1.82, 2.24) is 15.0 Å². The Bertz CT molecular complexity index is 1370. The van der Waals surface area contributed by atoms with Gasteiger partial charge in [-0.3, -0.25) is 15.2 Å². The lowest BCUT2D eigenvalue weighted by molar-refractivity contribution is -0.137. The first-order valence-electron chi connectivity index (χ1n) is 11.6. The van der Waals surface area contributed by atoms with Gasteiger partial charge in [-0.15, -0.1) is 12.4 Å². The van der Waals surface area contributed by atoms with Crippen molar-refractivity contribution in [3.8, 4) is 17.1 Å². The number of ether oxygens (including phenoxy) is 1. The lowest BCUT2D eigenvalue weighted by Crippen LogP contribution is -2.48. The van der Waals surface area contributed by atoms with E-state index in [0.29, 0.717) is 25.2 Å². The third-order valence-corrected chi connectivity index (χ3v) is 6.49. The van der Waals surface area contributed by atoms with E-state index in [0.717, 1.165) is 12.1 Å². The van der Waals surface area contributed by atoms with E-state index in [-0.39, 0.29) is 58.9 Å². The van der Waals surface area contributed by atoms with Gasteiger partial charge < -0.3 is 19.8 Å². The molecule has 10 nitrogen and oxygen atoms in total. The summed E-state index contributed by atoms with van der Waals surface area (Å²) in [4.78, 5) is 29.6. The van der Waals surface area contributed by atoms with Crippen molar-refractivity contribution >= 4 is 47.4 Å². The lowest BCUT2D eigenvalue weighted by Gasteiger charge is -2.36. The standard InChI is InChI=1S/C24H22ClF3N6O4.ClH/c25-17-7-18-22(32-21(17)13-2-1-3-14(6-13)24(26,27)28)34(15-4-5-33(18)10-15)23(37)31-19-8-29-9-20(30-19)38-12-16(36)11-35;/h1-3,6-9,15-16,35-36H,4-5,10-12H2,(H,30,31,37);1H/t15-,16-;/m0./s1. The van der Waals surface area contributed by atoms with Crippen LogP contribution in [-0.4, -0.2) is 69.6 Å². The molecule has 0 saturated carbocycles. The molecule has 1 fully saturated rings. The fourth-order valence-electron chi connectivity index (χ4n) is 4.41. The first-order valence-corrected chi connectivity index (χ1v) is 12.0. The molecule has 3 aromatic rings. The SMILES string of the molecule is Cl.O=C(Nc1cncc(OC[C@@H](O)CO)n1)N1c2nc(-c3cccc(C(F)(F)F)c3)c(Cl)cc2N2CC[C@H]1C2. The molecule has 3 N–H and O–H groups in total. The van der Waals surface area contributed by atoms with Gasteiger partial charge in [0.05, 0.1) is 47.0 Å². The lowest BCUT2D eigenvalue weighted by atomic mass is 10.1. The molecule has 208 valence electrons. The van der Waals surface area contributed by atoms with Gasteiger partial charge in [-0.2, -0.15) is 18.2 Å². The monoisotopic (exact) mass is 586 g/mol. The number of anilines is 3. The number of aliphatic hydroxyl groups excluding tert-OH is 2. The summed E-state index contributed by atoms with van der Waals surface area (Å²) in [5.41, 5.74) is 0.0445. The molecule has 39 heavy (non-hydrogen) atoms. The van der Waals surface area contributed by atoms with Crippen LogP contribution < -0.4 is 19.9 Å². The second kappa shape index (κ2) is 11.4. The molecule has 0 spiro atoms. The molecule has 15 heteroatoms. The number of carbonyl (C=O) groups is 1. The maximum Gasteiger partial charge on any atom is 0.416 e. The summed E-state index contributed by atoms with van der Waals surface area (Å²) < 4.78 is 45.2. The number of benzene rings is 1. The van der Waals surface area contributed by atoms with Crippen molar-refractivity contribution in [3.63, 3.8) is 0 Å². The van der Waals surface area contributed by atoms with E-state index in [9.17, 15) is 23.1 Å². The number of nitrogens with one attached hydrogen (secondary N) is 1. The molecule has 0 radical (unpaired) electrons. The van der Waals surface area contributed by atoms with E-state index >= 15 is 0 Å². The number of carbonyl (C=O) groups excluding carboxylic acids is 1. The Morgan fingerprint density at radius 2 is 2.05 bits per heavy atom. The van der Waals surface area contributed by atoms with E-state index in [4.69, 9.17) is 21.4 Å². The van der Waals surface area contributed by atoms with Gasteiger partial charge in [-0.25, -0.2) is 9.78 Å². The summed E-state index contributed by atoms with van der Waals surface area (Å²) in [6.45, 7) is 0.479. The fraction of sp³-hybridized carbons (Fsp3) is 0.333. The predicted octanol–water partition coefficient (Wildman–Crippen LogP) is 4.00. The largest absolute Gasteiger partial charge is 0.474 e. The average molecular weight is 587 g/mol. The number of fused-ring (bicyclic) bond motifs is 4. The minimum absolute atomic E-state index is 0. The zero-order chi connectivity index (χ0) is 27.0. The molecule has 2 aliphatic rings. The highest BCUT2D eigenvalue weighted by Gasteiger charge is 2.41. The third-order valence-electron chi connectivity index (χ3n) is 6.20. The molecule has 1 saturated heterocycles. The maximum atomic E-state index is 13.5. The smallest absolute Gasteiger partial charge is 0.416 e. The number of amides is 2. The van der Waals surface area contributed by atoms with Gasteiger partial charge in [0.2, 0.25) is 5.88 Å². The Balaban J connectivity index is 0.00000353. The molecule has 2 aromatic heterocycles. The number of alkyl halides is 3. The van der Waals surface area contributed by atoms with E-state index < -0.39 is 30.5 Å². The second-order valence-electron chi connectivity index (χ2n) is 8.82. The quantitative estimate of drug-likeness (QED) is 0.396. The molecular weight excluding hydrogens is 564 g/mol. The first-order chi connectivity index (χ1) is 18.1. The van der Waals surface area contributed by atoms with Crippen LogP contribution >= 0.6 is 24.0 Å². The van der Waals surface area contributed by atoms with Crippen LogP contribution in [-0.2, 0) is 6.18 Å². The van der Waals surface area contributed by atoms with E-state index in [1.54, 1.807) is 6.07 Å². The van der Waals surface area contributed by atoms with Gasteiger partial charge in [0.15, 0.2) is 11.6 Å². The molecule has 2 atom stereocenters. The van der Waals surface area contributed by atoms with Crippen LogP contribution in [0.3, 0.4) is 0 Å². The topological polar surface area (TPSA) is 124 Å². The number of aliphatic hydroxyl groups is 2. The van der Waals surface area contributed by atoms with Crippen molar-refractivity contribution < 1.29 is 32.9 Å². The molecule has 4 heterocycles. The molecule has 1 aromatic carbocycles. The number of hydrogen-bond donors (Lipinski definition) is 3. The molecule has 5 rings (SSSR count). The zero-order valence-electron chi connectivity index (χ0n) is 20.1. The summed E-state index contributed by atoms with van der Waals surface area (Å²) in [7, 11) is 0. The van der Waals surface area contributed by atoms with Crippen LogP contribution in [0.15, 0.2) is 42.7 Å². The summed E-state index contributed by atoms with van der Waals surface area (Å²) in [5, 5.41) is 21.2. The number of hydrogen-bond acceptors (Lipinski definition) is 8. The number of urea groups is 1. The van der Waals surface area contributed by atoms with Crippen LogP contribution in [0.25, 0.3) is 11.3 Å². The first kappa shape index (κ1) is 28.6. The van der Waals surface area contributed by atoms with Crippen LogP contribution in [0.4, 0.5) is 35.3 Å². The number of nitrogens with zero attached hydrogens (tertiary/aromatic N) is 5. The van der Waals surface area contributed by atoms with Crippen molar-refractivity contribution in [2.75, 3.05) is 41.4 Å². The van der Waals surface area contributed by atoms with Crippen LogP contribution in [0.2, 0.25) is 5.02 Å². The molecule has 0 unspecified atom stereocenters. The van der Waals surface area contributed by atoms with Gasteiger partial charge in [-0.05, 0) is 24.6 Å². The minimum Gasteiger partial charge on any atom is -0.474 e. The molecule has 0 aliphatic carbocycles. The highest BCUT2D eigenvalue weighted by Crippen LogP contribution is 2.43. The summed E-state index contributed by atoms with van der Waals surface area (Å²) in [6, 6.07) is 5.50. The van der Waals surface area contributed by atoms with Gasteiger partial charge in [0.25, 0.3) is 0 Å². The van der Waals surface area contributed by atoms with Crippen LogP contribution in [0.1, 0.15) is 12.0 Å². The summed E-state index contributed by atoms with van der Waals surface area (Å²) >= 11 is 6.48. The Morgan fingerprint density at radius 1 is 1.26 bits per heavy atom. The predicted molar refractivity (Wildman–Crippen MR) is 140 cm³/mol. The average Bonchev–Trinajstić information content (AvgIpc) is 3.31. The van der Waals surface area contributed by atoms with Gasteiger partial charge in [0, 0.05) is 18.7 Å². The molecule has 2 bridgehead atoms. The number of rotatable bonds is 6. The Labute approximate surface area is 231 Å². The van der Waals surface area contributed by atoms with Gasteiger partial charge >= 0.3 is 12.2 Å². The zero-order valence-corrected chi connectivity index (χ0v) is 21.7. The van der Waals surface area contributed by atoms with Crippen molar-refractivity contribution in [2.24, 2.45) is 0 Å². The van der Waals surface area contributed by atoms with E-state index in [1.807, 2.05) is 4.90 Å². The van der Waals surface area contributed by atoms with Gasteiger partial charge in [0.1, 0.15) is 12.7 Å². The van der Waals surface area contributed by atoms with E-state index in [2.05, 4.69) is 20.3 Å². The summed E-state index contributed by atoms with van der Waals surface area (Å²) in [6.07, 6.45) is -2.40. The normalized spacial score (nSPS) is 16.8. The second-order valence-corrected chi connectivity index (χ2v) is 9.23. The number of halogens is 5. The third kappa shape index (κ3) is 5.96. The molecular formula is C24H23Cl2F3N6O4. The van der Waals surface area contributed by atoms with Crippen molar-refractivity contribution in [1.29, 1.82) is 0 Å². The molecule has 2 amide bonds. The van der Waals surface area contributed by atoms with E-state index in [1.165, 1.54) is 29.4 Å². The highest BCUT2D eigenvalue weighted by atomic mass is 35.5. The maximum absolute atomic E-state index is 13.5. The van der Waals surface area contributed by atoms with Crippen molar-refractivity contribution in [3.05, 3.63) is 53.3 Å². The number of aromatic nitrogens is 3. The Kier molecular flexibility index (Phi) is 8.35. The fourth-order valence-corrected chi connectivity index (χ4v) is 4.67. The van der Waals surface area contributed by atoms with Crippen LogP contribution in [0.5, 0.6) is 5.88 Å². The highest BCUT2D eigenvalue weighted by molar-refractivity contribution is 6.33. The summed E-state index contributed by atoms with van der Waals surface area (Å²) in [5.74, 6) is 0.359. The number of pyridine rings is 1. The Hall–Kier alpha value is -3.39.